The number of nitrogens with zero attached hydrogens (tertiary/aromatic N) is 6. The van der Waals surface area contributed by atoms with E-state index in [1.807, 2.05) is 0 Å². The van der Waals surface area contributed by atoms with E-state index in [1.54, 1.807) is 23.9 Å². The van der Waals surface area contributed by atoms with Gasteiger partial charge < -0.3 is 10.1 Å². The van der Waals surface area contributed by atoms with E-state index in [1.165, 1.54) is 12.1 Å². The summed E-state index contributed by atoms with van der Waals surface area (Å²) in [6, 6.07) is 4.71. The molecule has 2 unspecified atom stereocenters. The standard InChI is InChI=1S/C21H21F3N8O3S2/c1-12(19-25-6-4-18(29-19)21(22,23)24)27-20-28-16-3-2-15(8-17(16)36-20)37(33,34)26-9-13-10-32(31-30-13)14-5-7-35-11-14/h2-4,6,8,10,12,14,26H,5,7,9,11H2,1H3,(H,27,28). The third-order valence-corrected chi connectivity index (χ3v) is 7.99. The maximum absolute atomic E-state index is 13.0. The molecule has 0 radical (unpaired) electrons. The van der Waals surface area contributed by atoms with E-state index in [0.29, 0.717) is 34.3 Å². The van der Waals surface area contributed by atoms with E-state index >= 15 is 0 Å². The van der Waals surface area contributed by atoms with Crippen LogP contribution in [0, 0.1) is 0 Å². The normalized spacial score (nSPS) is 17.4. The fourth-order valence-electron chi connectivity index (χ4n) is 3.68. The molecule has 11 nitrogen and oxygen atoms in total. The predicted octanol–water partition coefficient (Wildman–Crippen LogP) is 3.31. The van der Waals surface area contributed by atoms with E-state index in [-0.39, 0.29) is 23.3 Å². The van der Waals surface area contributed by atoms with Crippen molar-refractivity contribution >= 4 is 36.7 Å². The van der Waals surface area contributed by atoms with Gasteiger partial charge in [-0.2, -0.15) is 13.2 Å². The van der Waals surface area contributed by atoms with Gasteiger partial charge in [0.25, 0.3) is 0 Å². The maximum Gasteiger partial charge on any atom is 0.433 e. The zero-order valence-electron chi connectivity index (χ0n) is 19.3. The van der Waals surface area contributed by atoms with Crippen LogP contribution in [0.15, 0.2) is 41.6 Å². The van der Waals surface area contributed by atoms with Gasteiger partial charge >= 0.3 is 6.18 Å². The summed E-state index contributed by atoms with van der Waals surface area (Å²) in [4.78, 5) is 11.9. The number of fused-ring (bicyclic) bond motifs is 1. The largest absolute Gasteiger partial charge is 0.433 e. The van der Waals surface area contributed by atoms with Gasteiger partial charge in [-0.15, -0.1) is 5.10 Å². The van der Waals surface area contributed by atoms with E-state index in [2.05, 4.69) is 35.3 Å². The Morgan fingerprint density at radius 3 is 2.86 bits per heavy atom. The van der Waals surface area contributed by atoms with E-state index < -0.39 is 27.9 Å². The second-order valence-corrected chi connectivity index (χ2v) is 11.1. The first-order valence-corrected chi connectivity index (χ1v) is 13.4. The van der Waals surface area contributed by atoms with Crippen LogP contribution in [0.4, 0.5) is 18.3 Å². The van der Waals surface area contributed by atoms with Crippen LogP contribution < -0.4 is 10.0 Å². The second-order valence-electron chi connectivity index (χ2n) is 8.34. The SMILES string of the molecule is CC(Nc1nc2ccc(S(=O)(=O)NCc3cn(C4CCOC4)nn3)cc2s1)c1nccc(C(F)(F)F)n1. The topological polar surface area (TPSA) is 137 Å². The molecule has 2 N–H and O–H groups in total. The van der Waals surface area contributed by atoms with Gasteiger partial charge in [0, 0.05) is 12.8 Å². The molecule has 4 aromatic rings. The van der Waals surface area contributed by atoms with Crippen LogP contribution in [0.1, 0.15) is 42.6 Å². The summed E-state index contributed by atoms with van der Waals surface area (Å²) in [6.45, 7) is 2.78. The molecule has 1 aromatic carbocycles. The van der Waals surface area contributed by atoms with Crippen LogP contribution in [0.2, 0.25) is 0 Å². The first-order valence-electron chi connectivity index (χ1n) is 11.1. The van der Waals surface area contributed by atoms with Crippen molar-refractivity contribution in [2.75, 3.05) is 18.5 Å². The van der Waals surface area contributed by atoms with Crippen molar-refractivity contribution in [3.05, 3.63) is 53.9 Å². The summed E-state index contributed by atoms with van der Waals surface area (Å²) in [5.41, 5.74) is -0.0233. The molecule has 2 atom stereocenters. The smallest absolute Gasteiger partial charge is 0.379 e. The predicted molar refractivity (Wildman–Crippen MR) is 127 cm³/mol. The van der Waals surface area contributed by atoms with E-state index in [4.69, 9.17) is 4.74 Å². The van der Waals surface area contributed by atoms with Gasteiger partial charge in [0.2, 0.25) is 10.0 Å². The minimum atomic E-state index is -4.58. The molecule has 0 spiro atoms. The Morgan fingerprint density at radius 1 is 1.27 bits per heavy atom. The lowest BCUT2D eigenvalue weighted by molar-refractivity contribution is -0.141. The van der Waals surface area contributed by atoms with Crippen LogP contribution in [-0.4, -0.2) is 51.6 Å². The van der Waals surface area contributed by atoms with Crippen LogP contribution in [0.3, 0.4) is 0 Å². The molecule has 1 aliphatic heterocycles. The van der Waals surface area contributed by atoms with E-state index in [0.717, 1.165) is 30.0 Å². The number of benzene rings is 1. The van der Waals surface area contributed by atoms with Crippen molar-refractivity contribution in [2.45, 2.75) is 43.0 Å². The number of sulfonamides is 1. The summed E-state index contributed by atoms with van der Waals surface area (Å²) >= 11 is 1.16. The van der Waals surface area contributed by atoms with Crippen LogP contribution in [-0.2, 0) is 27.5 Å². The van der Waals surface area contributed by atoms with Gasteiger partial charge in [-0.05, 0) is 37.6 Å². The Hall–Kier alpha value is -3.21. The van der Waals surface area contributed by atoms with Crippen molar-refractivity contribution < 1.29 is 26.3 Å². The Balaban J connectivity index is 1.27. The molecule has 16 heteroatoms. The van der Waals surface area contributed by atoms with Crippen molar-refractivity contribution in [3.63, 3.8) is 0 Å². The summed E-state index contributed by atoms with van der Waals surface area (Å²) < 4.78 is 74.7. The number of ether oxygens (including phenoxy) is 1. The molecule has 3 aromatic heterocycles. The van der Waals surface area contributed by atoms with Crippen molar-refractivity contribution in [3.8, 4) is 0 Å². The molecular formula is C21H21F3N8O3S2. The fraction of sp³-hybridized carbons (Fsp3) is 0.381. The molecule has 1 saturated heterocycles. The zero-order chi connectivity index (χ0) is 26.2. The van der Waals surface area contributed by atoms with E-state index in [9.17, 15) is 21.6 Å². The minimum Gasteiger partial charge on any atom is -0.379 e. The van der Waals surface area contributed by atoms with Gasteiger partial charge in [-0.1, -0.05) is 16.6 Å². The van der Waals surface area contributed by atoms with Gasteiger partial charge in [0.1, 0.15) is 5.69 Å². The molecule has 196 valence electrons. The molecule has 0 bridgehead atoms. The lowest BCUT2D eigenvalue weighted by atomic mass is 10.3. The number of anilines is 1. The molecule has 4 heterocycles. The molecule has 1 fully saturated rings. The molecule has 5 rings (SSSR count). The summed E-state index contributed by atoms with van der Waals surface area (Å²) in [7, 11) is -3.86. The molecule has 0 amide bonds. The number of nitrogens with one attached hydrogen (secondary N) is 2. The summed E-state index contributed by atoms with van der Waals surface area (Å²) in [6.07, 6.45) is -1.01. The number of halogens is 3. The highest BCUT2D eigenvalue weighted by atomic mass is 32.2. The van der Waals surface area contributed by atoms with Gasteiger partial charge in [-0.3, -0.25) is 0 Å². The quantitative estimate of drug-likeness (QED) is 0.336. The summed E-state index contributed by atoms with van der Waals surface area (Å²) in [5.74, 6) is -0.0427. The average molecular weight is 555 g/mol. The van der Waals surface area contributed by atoms with Gasteiger partial charge in [-0.25, -0.2) is 32.8 Å². The Labute approximate surface area is 213 Å². The third-order valence-electron chi connectivity index (χ3n) is 5.64. The number of alkyl halides is 3. The highest BCUT2D eigenvalue weighted by Gasteiger charge is 2.33. The first kappa shape index (κ1) is 25.4. The van der Waals surface area contributed by atoms with Crippen LogP contribution in [0.25, 0.3) is 10.2 Å². The van der Waals surface area contributed by atoms with Gasteiger partial charge in [0.15, 0.2) is 11.0 Å². The highest BCUT2D eigenvalue weighted by Crippen LogP contribution is 2.31. The molecule has 1 aliphatic rings. The number of rotatable bonds is 8. The van der Waals surface area contributed by atoms with Crippen molar-refractivity contribution in [2.24, 2.45) is 0 Å². The Morgan fingerprint density at radius 2 is 2.11 bits per heavy atom. The summed E-state index contributed by atoms with van der Waals surface area (Å²) in [5, 5.41) is 11.4. The number of hydrogen-bond acceptors (Lipinski definition) is 10. The maximum atomic E-state index is 13.0. The number of thiazole rings is 1. The van der Waals surface area contributed by atoms with Crippen molar-refractivity contribution in [1.29, 1.82) is 0 Å². The zero-order valence-corrected chi connectivity index (χ0v) is 20.9. The minimum absolute atomic E-state index is 0.0298. The Bertz CT molecular complexity index is 1520. The van der Waals surface area contributed by atoms with Crippen LogP contribution >= 0.6 is 11.3 Å². The highest BCUT2D eigenvalue weighted by molar-refractivity contribution is 7.89. The van der Waals surface area contributed by atoms with Gasteiger partial charge in [0.05, 0.1) is 52.2 Å². The number of aromatic nitrogens is 6. The molecule has 0 aliphatic carbocycles. The van der Waals surface area contributed by atoms with Crippen molar-refractivity contribution in [1.82, 2.24) is 34.7 Å². The average Bonchev–Trinajstić information content (AvgIpc) is 3.62. The first-order chi connectivity index (χ1) is 17.6. The fourth-order valence-corrected chi connectivity index (χ4v) is 5.77. The third kappa shape index (κ3) is 5.71. The second kappa shape index (κ2) is 9.92. The molecular weight excluding hydrogens is 533 g/mol. The Kier molecular flexibility index (Phi) is 6.82. The number of hydrogen-bond donors (Lipinski definition) is 2. The monoisotopic (exact) mass is 554 g/mol. The lowest BCUT2D eigenvalue weighted by Gasteiger charge is -2.13. The lowest BCUT2D eigenvalue weighted by Crippen LogP contribution is -2.23. The van der Waals surface area contributed by atoms with Crippen LogP contribution in [0.5, 0.6) is 0 Å². The molecule has 0 saturated carbocycles. The molecule has 37 heavy (non-hydrogen) atoms.